The van der Waals surface area contributed by atoms with Crippen LogP contribution in [0, 0.1) is 0 Å². The van der Waals surface area contributed by atoms with Crippen LogP contribution in [0.4, 0.5) is 0 Å². The van der Waals surface area contributed by atoms with Gasteiger partial charge in [-0.2, -0.15) is 0 Å². The molecule has 0 unspecified atom stereocenters. The first-order chi connectivity index (χ1) is 6.94. The minimum atomic E-state index is -0.218. The van der Waals surface area contributed by atoms with E-state index in [0.29, 0.717) is 4.88 Å². The number of nitrogens with zero attached hydrogens (tertiary/aromatic N) is 2. The minimum Gasteiger partial charge on any atom is -0.347 e. The number of hydrogen-bond donors (Lipinski definition) is 1. The van der Waals surface area contributed by atoms with E-state index in [1.54, 1.807) is 0 Å². The summed E-state index contributed by atoms with van der Waals surface area (Å²) in [5, 5.41) is 6.88. The van der Waals surface area contributed by atoms with E-state index in [-0.39, 0.29) is 11.4 Å². The zero-order valence-electron chi connectivity index (χ0n) is 9.63. The lowest BCUT2D eigenvalue weighted by Gasteiger charge is -2.19. The molecule has 4 nitrogen and oxygen atoms in total. The first-order valence-corrected chi connectivity index (χ1v) is 5.85. The predicted octanol–water partition coefficient (Wildman–Crippen LogP) is 2.02. The molecule has 0 saturated carbocycles. The zero-order valence-corrected chi connectivity index (χ0v) is 10.4. The van der Waals surface area contributed by atoms with Crippen molar-refractivity contribution in [1.82, 2.24) is 14.9 Å². The normalized spacial score (nSPS) is 11.5. The lowest BCUT2D eigenvalue weighted by atomic mass is 10.1. The van der Waals surface area contributed by atoms with E-state index in [4.69, 9.17) is 0 Å². The van der Waals surface area contributed by atoms with E-state index in [1.807, 2.05) is 20.8 Å². The van der Waals surface area contributed by atoms with Gasteiger partial charge in [-0.05, 0) is 38.7 Å². The van der Waals surface area contributed by atoms with Crippen molar-refractivity contribution in [3.8, 4) is 0 Å². The average Bonchev–Trinajstić information content (AvgIpc) is 2.49. The van der Waals surface area contributed by atoms with Crippen molar-refractivity contribution < 1.29 is 4.79 Å². The van der Waals surface area contributed by atoms with Crippen LogP contribution >= 0.6 is 11.5 Å². The maximum absolute atomic E-state index is 11.8. The highest BCUT2D eigenvalue weighted by Gasteiger charge is 2.20. The molecule has 1 amide bonds. The Morgan fingerprint density at radius 3 is 2.67 bits per heavy atom. The number of carbonyl (C=O) groups is 1. The summed E-state index contributed by atoms with van der Waals surface area (Å²) in [6, 6.07) is 0. The fraction of sp³-hybridized carbons (Fsp3) is 0.700. The number of aryl methyl sites for hydroxylation is 1. The van der Waals surface area contributed by atoms with Gasteiger partial charge in [0, 0.05) is 5.54 Å². The molecular weight excluding hydrogens is 210 g/mol. The van der Waals surface area contributed by atoms with Crippen LogP contribution in [-0.4, -0.2) is 21.0 Å². The molecule has 0 radical (unpaired) electrons. The van der Waals surface area contributed by atoms with Crippen LogP contribution in [-0.2, 0) is 6.42 Å². The maximum Gasteiger partial charge on any atom is 0.265 e. The molecule has 0 fully saturated rings. The largest absolute Gasteiger partial charge is 0.347 e. The SMILES string of the molecule is CCCc1nnsc1C(=O)NC(C)(C)C. The van der Waals surface area contributed by atoms with Crippen LogP contribution in [0.3, 0.4) is 0 Å². The predicted molar refractivity (Wildman–Crippen MR) is 61.1 cm³/mol. The molecule has 1 aromatic heterocycles. The van der Waals surface area contributed by atoms with Gasteiger partial charge in [-0.15, -0.1) is 5.10 Å². The van der Waals surface area contributed by atoms with Crippen molar-refractivity contribution in [2.24, 2.45) is 0 Å². The van der Waals surface area contributed by atoms with E-state index >= 15 is 0 Å². The summed E-state index contributed by atoms with van der Waals surface area (Å²) in [7, 11) is 0. The number of amides is 1. The van der Waals surface area contributed by atoms with E-state index in [2.05, 4.69) is 21.8 Å². The molecule has 5 heteroatoms. The van der Waals surface area contributed by atoms with Crippen molar-refractivity contribution in [2.75, 3.05) is 0 Å². The number of carbonyl (C=O) groups excluding carboxylic acids is 1. The summed E-state index contributed by atoms with van der Waals surface area (Å²) in [5.74, 6) is -0.0686. The molecular formula is C10H17N3OS. The third-order valence-corrected chi connectivity index (χ3v) is 2.50. The summed E-state index contributed by atoms with van der Waals surface area (Å²) in [6.45, 7) is 7.93. The van der Waals surface area contributed by atoms with Crippen molar-refractivity contribution >= 4 is 17.4 Å². The van der Waals surface area contributed by atoms with Crippen molar-refractivity contribution in [3.63, 3.8) is 0 Å². The van der Waals surface area contributed by atoms with Crippen LogP contribution in [0.25, 0.3) is 0 Å². The van der Waals surface area contributed by atoms with Gasteiger partial charge in [0.2, 0.25) is 0 Å². The Hall–Kier alpha value is -0.970. The van der Waals surface area contributed by atoms with Gasteiger partial charge in [0.25, 0.3) is 5.91 Å². The minimum absolute atomic E-state index is 0.0686. The molecule has 0 aliphatic rings. The third-order valence-electron chi connectivity index (χ3n) is 1.74. The Balaban J connectivity index is 2.77. The fourth-order valence-corrected chi connectivity index (χ4v) is 1.78. The second kappa shape index (κ2) is 4.70. The summed E-state index contributed by atoms with van der Waals surface area (Å²) < 4.78 is 3.82. The Labute approximate surface area is 94.3 Å². The monoisotopic (exact) mass is 227 g/mol. The molecule has 0 aromatic carbocycles. The lowest BCUT2D eigenvalue weighted by Crippen LogP contribution is -2.40. The van der Waals surface area contributed by atoms with Crippen LogP contribution in [0.15, 0.2) is 0 Å². The summed E-state index contributed by atoms with van der Waals surface area (Å²) in [5.41, 5.74) is 0.592. The van der Waals surface area contributed by atoms with Crippen molar-refractivity contribution in [3.05, 3.63) is 10.6 Å². The number of nitrogens with one attached hydrogen (secondary N) is 1. The smallest absolute Gasteiger partial charge is 0.265 e. The Kier molecular flexibility index (Phi) is 3.79. The molecule has 0 bridgehead atoms. The first-order valence-electron chi connectivity index (χ1n) is 5.08. The molecule has 0 spiro atoms. The standard InChI is InChI=1S/C10H17N3OS/c1-5-6-7-8(15-13-12-7)9(14)11-10(2,3)4/h5-6H2,1-4H3,(H,11,14). The average molecular weight is 227 g/mol. The van der Waals surface area contributed by atoms with Gasteiger partial charge in [-0.25, -0.2) is 0 Å². The topological polar surface area (TPSA) is 54.9 Å². The highest BCUT2D eigenvalue weighted by molar-refractivity contribution is 7.08. The van der Waals surface area contributed by atoms with E-state index in [1.165, 1.54) is 11.5 Å². The first kappa shape index (κ1) is 12.1. The molecule has 0 atom stereocenters. The number of hydrogen-bond acceptors (Lipinski definition) is 4. The van der Waals surface area contributed by atoms with Gasteiger partial charge in [-0.3, -0.25) is 4.79 Å². The lowest BCUT2D eigenvalue weighted by molar-refractivity contribution is 0.0922. The Morgan fingerprint density at radius 1 is 1.47 bits per heavy atom. The van der Waals surface area contributed by atoms with E-state index in [0.717, 1.165) is 18.5 Å². The molecule has 0 aliphatic heterocycles. The van der Waals surface area contributed by atoms with Crippen LogP contribution in [0.5, 0.6) is 0 Å². The molecule has 84 valence electrons. The summed E-state index contributed by atoms with van der Waals surface area (Å²) in [4.78, 5) is 12.5. The van der Waals surface area contributed by atoms with E-state index < -0.39 is 0 Å². The zero-order chi connectivity index (χ0) is 11.5. The number of aromatic nitrogens is 2. The third kappa shape index (κ3) is 3.58. The second-order valence-electron chi connectivity index (χ2n) is 4.50. The van der Waals surface area contributed by atoms with Gasteiger partial charge in [0.15, 0.2) is 0 Å². The highest BCUT2D eigenvalue weighted by Crippen LogP contribution is 2.13. The fourth-order valence-electron chi connectivity index (χ4n) is 1.18. The second-order valence-corrected chi connectivity index (χ2v) is 5.26. The van der Waals surface area contributed by atoms with Gasteiger partial charge in [-0.1, -0.05) is 17.8 Å². The Bertz CT molecular complexity index is 341. The van der Waals surface area contributed by atoms with Gasteiger partial charge >= 0.3 is 0 Å². The Morgan fingerprint density at radius 2 is 2.13 bits per heavy atom. The van der Waals surface area contributed by atoms with Crippen molar-refractivity contribution in [2.45, 2.75) is 46.1 Å². The van der Waals surface area contributed by atoms with Gasteiger partial charge in [0.05, 0.1) is 5.69 Å². The van der Waals surface area contributed by atoms with Gasteiger partial charge < -0.3 is 5.32 Å². The molecule has 1 aromatic rings. The van der Waals surface area contributed by atoms with Crippen molar-refractivity contribution in [1.29, 1.82) is 0 Å². The van der Waals surface area contributed by atoms with Crippen LogP contribution < -0.4 is 5.32 Å². The van der Waals surface area contributed by atoms with Gasteiger partial charge in [0.1, 0.15) is 4.88 Å². The molecule has 0 saturated heterocycles. The summed E-state index contributed by atoms with van der Waals surface area (Å²) in [6.07, 6.45) is 1.78. The molecule has 1 rings (SSSR count). The molecule has 1 heterocycles. The summed E-state index contributed by atoms with van der Waals surface area (Å²) >= 11 is 1.17. The highest BCUT2D eigenvalue weighted by atomic mass is 32.1. The van der Waals surface area contributed by atoms with Crippen LogP contribution in [0.1, 0.15) is 49.5 Å². The quantitative estimate of drug-likeness (QED) is 0.859. The molecule has 1 N–H and O–H groups in total. The maximum atomic E-state index is 11.8. The molecule has 15 heavy (non-hydrogen) atoms. The number of rotatable bonds is 3. The molecule has 0 aliphatic carbocycles. The van der Waals surface area contributed by atoms with Crippen LogP contribution in [0.2, 0.25) is 0 Å². The van der Waals surface area contributed by atoms with E-state index in [9.17, 15) is 4.79 Å².